The van der Waals surface area contributed by atoms with Crippen molar-refractivity contribution in [2.24, 2.45) is 11.3 Å². The Kier molecular flexibility index (Phi) is 5.64. The van der Waals surface area contributed by atoms with Crippen molar-refractivity contribution in [1.82, 2.24) is 5.43 Å². The van der Waals surface area contributed by atoms with Crippen LogP contribution in [0.25, 0.3) is 0 Å². The van der Waals surface area contributed by atoms with Crippen LogP contribution in [0.4, 0.5) is 0 Å². The SMILES string of the molecule is CC(C)(C)C(=O)NN.Cc1ccccc1. The fourth-order valence-electron chi connectivity index (χ4n) is 0.751. The van der Waals surface area contributed by atoms with Crippen molar-refractivity contribution in [2.45, 2.75) is 27.7 Å². The molecule has 0 aliphatic carbocycles. The fourth-order valence-corrected chi connectivity index (χ4v) is 0.751. The first-order valence-corrected chi connectivity index (χ1v) is 4.90. The lowest BCUT2D eigenvalue weighted by atomic mass is 9.96. The van der Waals surface area contributed by atoms with Gasteiger partial charge in [0.05, 0.1) is 0 Å². The van der Waals surface area contributed by atoms with Gasteiger partial charge in [-0.2, -0.15) is 0 Å². The maximum Gasteiger partial charge on any atom is 0.239 e. The average molecular weight is 208 g/mol. The number of hydrogen-bond donors (Lipinski definition) is 2. The first-order chi connectivity index (χ1) is 6.88. The topological polar surface area (TPSA) is 55.1 Å². The molecule has 0 aromatic heterocycles. The Labute approximate surface area is 91.6 Å². The van der Waals surface area contributed by atoms with Gasteiger partial charge < -0.3 is 0 Å². The van der Waals surface area contributed by atoms with Crippen molar-refractivity contribution in [3.63, 3.8) is 0 Å². The molecule has 0 aliphatic heterocycles. The molecule has 84 valence electrons. The van der Waals surface area contributed by atoms with Gasteiger partial charge in [0.2, 0.25) is 5.91 Å². The van der Waals surface area contributed by atoms with E-state index in [1.807, 2.05) is 18.2 Å². The molecule has 3 N–H and O–H groups in total. The summed E-state index contributed by atoms with van der Waals surface area (Å²) in [5.41, 5.74) is 3.02. The van der Waals surface area contributed by atoms with Gasteiger partial charge in [-0.25, -0.2) is 5.84 Å². The highest BCUT2D eigenvalue weighted by atomic mass is 16.2. The number of hydrazine groups is 1. The first kappa shape index (κ1) is 13.7. The first-order valence-electron chi connectivity index (χ1n) is 4.90. The number of nitrogens with one attached hydrogen (secondary N) is 1. The summed E-state index contributed by atoms with van der Waals surface area (Å²) in [6, 6.07) is 10.3. The summed E-state index contributed by atoms with van der Waals surface area (Å²) >= 11 is 0. The van der Waals surface area contributed by atoms with Gasteiger partial charge >= 0.3 is 0 Å². The van der Waals surface area contributed by atoms with Crippen LogP contribution in [0.15, 0.2) is 30.3 Å². The standard InChI is InChI=1S/C7H8.C5H12N2O/c1-7-5-3-2-4-6-7;1-5(2,3)4(8)7-6/h2-6H,1H3;6H2,1-3H3,(H,7,8). The highest BCUT2D eigenvalue weighted by Gasteiger charge is 2.19. The summed E-state index contributed by atoms with van der Waals surface area (Å²) in [5.74, 6) is 4.72. The van der Waals surface area contributed by atoms with E-state index in [2.05, 4.69) is 24.5 Å². The van der Waals surface area contributed by atoms with Crippen molar-refractivity contribution in [1.29, 1.82) is 0 Å². The minimum atomic E-state index is -0.366. The van der Waals surface area contributed by atoms with Crippen LogP contribution >= 0.6 is 0 Å². The number of amides is 1. The zero-order valence-electron chi connectivity index (χ0n) is 9.87. The van der Waals surface area contributed by atoms with Crippen LogP contribution in [-0.2, 0) is 4.79 Å². The fraction of sp³-hybridized carbons (Fsp3) is 0.417. The number of benzene rings is 1. The molecular formula is C12H20N2O. The number of carbonyl (C=O) groups is 1. The van der Waals surface area contributed by atoms with Gasteiger partial charge in [-0.05, 0) is 6.92 Å². The maximum absolute atomic E-state index is 10.6. The number of carbonyl (C=O) groups excluding carboxylic acids is 1. The number of hydrogen-bond acceptors (Lipinski definition) is 2. The largest absolute Gasteiger partial charge is 0.294 e. The molecule has 0 unspecified atom stereocenters. The van der Waals surface area contributed by atoms with Gasteiger partial charge in [-0.15, -0.1) is 0 Å². The molecule has 0 radical (unpaired) electrons. The molecule has 0 spiro atoms. The average Bonchev–Trinajstić information content (AvgIpc) is 2.17. The van der Waals surface area contributed by atoms with Crippen molar-refractivity contribution in [3.05, 3.63) is 35.9 Å². The molecule has 0 aliphatic rings. The highest BCUT2D eigenvalue weighted by Crippen LogP contribution is 2.10. The molecule has 15 heavy (non-hydrogen) atoms. The Morgan fingerprint density at radius 3 is 1.80 bits per heavy atom. The van der Waals surface area contributed by atoms with Gasteiger partial charge in [-0.1, -0.05) is 56.7 Å². The van der Waals surface area contributed by atoms with Crippen LogP contribution in [0, 0.1) is 12.3 Å². The second kappa shape index (κ2) is 6.19. The van der Waals surface area contributed by atoms with E-state index in [9.17, 15) is 4.79 Å². The highest BCUT2D eigenvalue weighted by molar-refractivity contribution is 5.80. The maximum atomic E-state index is 10.6. The smallest absolute Gasteiger partial charge is 0.239 e. The summed E-state index contributed by atoms with van der Waals surface area (Å²) < 4.78 is 0. The van der Waals surface area contributed by atoms with Crippen LogP contribution in [0.5, 0.6) is 0 Å². The minimum absolute atomic E-state index is 0.141. The zero-order chi connectivity index (χ0) is 11.9. The van der Waals surface area contributed by atoms with Gasteiger partial charge in [0.1, 0.15) is 0 Å². The third-order valence-corrected chi connectivity index (χ3v) is 1.75. The van der Waals surface area contributed by atoms with Gasteiger partial charge in [0.15, 0.2) is 0 Å². The normalized spacial score (nSPS) is 9.93. The second-order valence-electron chi connectivity index (χ2n) is 4.38. The van der Waals surface area contributed by atoms with Crippen LogP contribution in [0.2, 0.25) is 0 Å². The quantitative estimate of drug-likeness (QED) is 0.389. The molecule has 0 heterocycles. The Balaban J connectivity index is 0.000000262. The van der Waals surface area contributed by atoms with Crippen molar-refractivity contribution in [2.75, 3.05) is 0 Å². The molecule has 1 rings (SSSR count). The van der Waals surface area contributed by atoms with Gasteiger partial charge in [0.25, 0.3) is 0 Å². The predicted molar refractivity (Wildman–Crippen MR) is 63.0 cm³/mol. The summed E-state index contributed by atoms with van der Waals surface area (Å²) in [5, 5.41) is 0. The molecule has 0 bridgehead atoms. The zero-order valence-corrected chi connectivity index (χ0v) is 9.87. The lowest BCUT2D eigenvalue weighted by molar-refractivity contribution is -0.128. The van der Waals surface area contributed by atoms with E-state index in [4.69, 9.17) is 5.84 Å². The minimum Gasteiger partial charge on any atom is -0.294 e. The third-order valence-electron chi connectivity index (χ3n) is 1.75. The van der Waals surface area contributed by atoms with E-state index in [1.165, 1.54) is 5.56 Å². The summed E-state index contributed by atoms with van der Waals surface area (Å²) in [7, 11) is 0. The molecular weight excluding hydrogens is 188 g/mol. The van der Waals surface area contributed by atoms with Crippen LogP contribution in [-0.4, -0.2) is 5.91 Å². The van der Waals surface area contributed by atoms with Crippen LogP contribution < -0.4 is 11.3 Å². The molecule has 1 amide bonds. The Morgan fingerprint density at radius 2 is 1.67 bits per heavy atom. The van der Waals surface area contributed by atoms with E-state index >= 15 is 0 Å². The molecule has 3 heteroatoms. The Bertz CT molecular complexity index is 288. The Morgan fingerprint density at radius 1 is 1.20 bits per heavy atom. The van der Waals surface area contributed by atoms with E-state index in [1.54, 1.807) is 20.8 Å². The molecule has 0 atom stereocenters. The third kappa shape index (κ3) is 6.69. The summed E-state index contributed by atoms with van der Waals surface area (Å²) in [6.07, 6.45) is 0. The van der Waals surface area contributed by atoms with Crippen molar-refractivity contribution >= 4 is 5.91 Å². The monoisotopic (exact) mass is 208 g/mol. The van der Waals surface area contributed by atoms with E-state index < -0.39 is 0 Å². The summed E-state index contributed by atoms with van der Waals surface area (Å²) in [6.45, 7) is 7.49. The van der Waals surface area contributed by atoms with E-state index in [0.29, 0.717) is 0 Å². The molecule has 0 fully saturated rings. The lowest BCUT2D eigenvalue weighted by Crippen LogP contribution is -2.39. The van der Waals surface area contributed by atoms with Crippen LogP contribution in [0.1, 0.15) is 26.3 Å². The lowest BCUT2D eigenvalue weighted by Gasteiger charge is -2.14. The molecule has 0 saturated carbocycles. The van der Waals surface area contributed by atoms with Gasteiger partial charge in [0, 0.05) is 5.41 Å². The Hall–Kier alpha value is -1.35. The molecule has 1 aromatic rings. The number of nitrogens with two attached hydrogens (primary N) is 1. The van der Waals surface area contributed by atoms with Crippen molar-refractivity contribution < 1.29 is 4.79 Å². The van der Waals surface area contributed by atoms with Gasteiger partial charge in [-0.3, -0.25) is 10.2 Å². The molecule has 0 saturated heterocycles. The van der Waals surface area contributed by atoms with E-state index in [0.717, 1.165) is 0 Å². The molecule has 3 nitrogen and oxygen atoms in total. The molecule has 1 aromatic carbocycles. The number of aryl methyl sites for hydroxylation is 1. The predicted octanol–water partition coefficient (Wildman–Crippen LogP) is 2.02. The van der Waals surface area contributed by atoms with Crippen molar-refractivity contribution in [3.8, 4) is 0 Å². The van der Waals surface area contributed by atoms with E-state index in [-0.39, 0.29) is 11.3 Å². The summed E-state index contributed by atoms with van der Waals surface area (Å²) in [4.78, 5) is 10.6. The second-order valence-corrected chi connectivity index (χ2v) is 4.38. The van der Waals surface area contributed by atoms with Crippen LogP contribution in [0.3, 0.4) is 0 Å². The number of rotatable bonds is 0.